The summed E-state index contributed by atoms with van der Waals surface area (Å²) in [4.78, 5) is 6.95. The predicted molar refractivity (Wildman–Crippen MR) is 120 cm³/mol. The molecule has 1 saturated heterocycles. The number of hydrogen-bond acceptors (Lipinski definition) is 5. The summed E-state index contributed by atoms with van der Waals surface area (Å²) in [6.45, 7) is 4.71. The van der Waals surface area contributed by atoms with Gasteiger partial charge in [0.2, 0.25) is 10.0 Å². The van der Waals surface area contributed by atoms with Crippen molar-refractivity contribution in [2.75, 3.05) is 38.1 Å². The van der Waals surface area contributed by atoms with Crippen LogP contribution in [0.1, 0.15) is 18.4 Å². The van der Waals surface area contributed by atoms with Crippen molar-refractivity contribution in [3.05, 3.63) is 47.3 Å². The molecule has 9 heteroatoms. The highest BCUT2D eigenvalue weighted by atomic mass is 32.2. The molecule has 0 spiro atoms. The first-order valence-electron chi connectivity index (χ1n) is 9.80. The number of aryl methyl sites for hydroxylation is 1. The van der Waals surface area contributed by atoms with Crippen molar-refractivity contribution < 1.29 is 8.42 Å². The number of hydrogen-bond donors (Lipinski definition) is 3. The molecule has 0 saturated carbocycles. The third-order valence-electron chi connectivity index (χ3n) is 4.92. The van der Waals surface area contributed by atoms with Crippen molar-refractivity contribution in [3.63, 3.8) is 0 Å². The van der Waals surface area contributed by atoms with Gasteiger partial charge < -0.3 is 15.5 Å². The molecule has 7 nitrogen and oxygen atoms in total. The van der Waals surface area contributed by atoms with Gasteiger partial charge in [-0.3, -0.25) is 4.99 Å². The molecule has 2 aromatic rings. The molecule has 1 aliphatic heterocycles. The highest BCUT2D eigenvalue weighted by molar-refractivity contribution is 7.89. The number of benzene rings is 1. The Morgan fingerprint density at radius 1 is 1.17 bits per heavy atom. The van der Waals surface area contributed by atoms with Crippen LogP contribution in [0.25, 0.3) is 0 Å². The van der Waals surface area contributed by atoms with E-state index in [9.17, 15) is 8.42 Å². The van der Waals surface area contributed by atoms with Crippen LogP contribution >= 0.6 is 11.3 Å². The third-order valence-corrected chi connectivity index (χ3v) is 7.32. The van der Waals surface area contributed by atoms with E-state index in [1.807, 2.05) is 6.92 Å². The first-order chi connectivity index (χ1) is 14.0. The van der Waals surface area contributed by atoms with Crippen LogP contribution in [0.4, 0.5) is 5.00 Å². The molecular formula is C20H29N5O2S2. The van der Waals surface area contributed by atoms with Crippen molar-refractivity contribution in [3.8, 4) is 0 Å². The average Bonchev–Trinajstić information content (AvgIpc) is 3.26. The molecule has 3 N–H and O–H groups in total. The van der Waals surface area contributed by atoms with Gasteiger partial charge in [-0.1, -0.05) is 17.7 Å². The van der Waals surface area contributed by atoms with Gasteiger partial charge in [0, 0.05) is 39.3 Å². The number of thiophene rings is 1. The van der Waals surface area contributed by atoms with Crippen molar-refractivity contribution in [1.29, 1.82) is 0 Å². The standard InChI is InChI=1S/C20H29N5O2S2/c1-16-5-7-18(8-6-16)29(26,27)23-12-11-22-20(21-2)24-17-9-13-25(14-10-17)19-4-3-15-28-19/h3-8,15,17,23H,9-14H2,1-2H3,(H2,21,22,24). The van der Waals surface area contributed by atoms with Crippen LogP contribution in [0, 0.1) is 6.92 Å². The monoisotopic (exact) mass is 435 g/mol. The maximum absolute atomic E-state index is 12.3. The normalized spacial score (nSPS) is 16.1. The Hall–Kier alpha value is -2.10. The van der Waals surface area contributed by atoms with E-state index in [1.54, 1.807) is 42.6 Å². The fourth-order valence-corrected chi connectivity index (χ4v) is 5.07. The summed E-state index contributed by atoms with van der Waals surface area (Å²) in [5.41, 5.74) is 1.03. The minimum atomic E-state index is -3.49. The lowest BCUT2D eigenvalue weighted by Crippen LogP contribution is -2.49. The maximum Gasteiger partial charge on any atom is 0.240 e. The number of guanidine groups is 1. The van der Waals surface area contributed by atoms with Gasteiger partial charge in [0.05, 0.1) is 9.90 Å². The molecular weight excluding hydrogens is 406 g/mol. The van der Waals surface area contributed by atoms with E-state index in [1.165, 1.54) is 5.00 Å². The Bertz CT molecular complexity index is 887. The lowest BCUT2D eigenvalue weighted by molar-refractivity contribution is 0.463. The molecule has 1 aliphatic rings. The molecule has 0 unspecified atom stereocenters. The lowest BCUT2D eigenvalue weighted by atomic mass is 10.1. The summed E-state index contributed by atoms with van der Waals surface area (Å²) in [5.74, 6) is 0.703. The third kappa shape index (κ3) is 6.19. The number of piperidine rings is 1. The minimum Gasteiger partial charge on any atom is -0.363 e. The van der Waals surface area contributed by atoms with Crippen LogP contribution in [0.3, 0.4) is 0 Å². The molecule has 1 fully saturated rings. The second-order valence-electron chi connectivity index (χ2n) is 7.07. The van der Waals surface area contributed by atoms with E-state index in [2.05, 4.69) is 42.8 Å². The number of nitrogens with one attached hydrogen (secondary N) is 3. The van der Waals surface area contributed by atoms with E-state index >= 15 is 0 Å². The lowest BCUT2D eigenvalue weighted by Gasteiger charge is -2.33. The maximum atomic E-state index is 12.3. The van der Waals surface area contributed by atoms with Crippen LogP contribution in [0.15, 0.2) is 51.7 Å². The molecule has 1 aromatic carbocycles. The van der Waals surface area contributed by atoms with Gasteiger partial charge in [-0.2, -0.15) is 0 Å². The minimum absolute atomic E-state index is 0.281. The predicted octanol–water partition coefficient (Wildman–Crippen LogP) is 2.17. The summed E-state index contributed by atoms with van der Waals surface area (Å²) in [7, 11) is -1.76. The van der Waals surface area contributed by atoms with Crippen molar-refractivity contribution in [2.45, 2.75) is 30.7 Å². The first-order valence-corrected chi connectivity index (χ1v) is 12.2. The zero-order valence-corrected chi connectivity index (χ0v) is 18.5. The van der Waals surface area contributed by atoms with E-state index in [0.717, 1.165) is 31.5 Å². The summed E-state index contributed by atoms with van der Waals surface area (Å²) < 4.78 is 27.2. The molecule has 29 heavy (non-hydrogen) atoms. The molecule has 0 atom stereocenters. The van der Waals surface area contributed by atoms with Crippen LogP contribution in [-0.4, -0.2) is 53.6 Å². The fourth-order valence-electron chi connectivity index (χ4n) is 3.25. The van der Waals surface area contributed by atoms with E-state index in [0.29, 0.717) is 18.5 Å². The quantitative estimate of drug-likeness (QED) is 0.353. The highest BCUT2D eigenvalue weighted by Crippen LogP contribution is 2.24. The molecule has 1 aromatic heterocycles. The Balaban J connectivity index is 1.39. The van der Waals surface area contributed by atoms with Gasteiger partial charge in [0.15, 0.2) is 5.96 Å². The number of rotatable bonds is 7. The second kappa shape index (κ2) is 10.1. The smallest absolute Gasteiger partial charge is 0.240 e. The van der Waals surface area contributed by atoms with Gasteiger partial charge in [-0.25, -0.2) is 13.1 Å². The SMILES string of the molecule is CN=C(NCCNS(=O)(=O)c1ccc(C)cc1)NC1CCN(c2cccs2)CC1. The largest absolute Gasteiger partial charge is 0.363 e. The van der Waals surface area contributed by atoms with E-state index in [-0.39, 0.29) is 11.4 Å². The molecule has 0 radical (unpaired) electrons. The molecule has 0 aliphatic carbocycles. The first kappa shape index (κ1) is 21.6. The van der Waals surface area contributed by atoms with Crippen molar-refractivity contribution in [2.24, 2.45) is 4.99 Å². The highest BCUT2D eigenvalue weighted by Gasteiger charge is 2.20. The number of nitrogens with zero attached hydrogens (tertiary/aromatic N) is 2. The molecule has 158 valence electrons. The van der Waals surface area contributed by atoms with Gasteiger partial charge in [0.25, 0.3) is 0 Å². The summed E-state index contributed by atoms with van der Waals surface area (Å²) in [5, 5.41) is 10.1. The summed E-state index contributed by atoms with van der Waals surface area (Å²) >= 11 is 1.78. The summed E-state index contributed by atoms with van der Waals surface area (Å²) in [6, 6.07) is 11.4. The van der Waals surface area contributed by atoms with E-state index in [4.69, 9.17) is 0 Å². The fraction of sp³-hybridized carbons (Fsp3) is 0.450. The molecule has 0 bridgehead atoms. The Kier molecular flexibility index (Phi) is 7.51. The van der Waals surface area contributed by atoms with Gasteiger partial charge in [0.1, 0.15) is 0 Å². The Morgan fingerprint density at radius 2 is 1.90 bits per heavy atom. The topological polar surface area (TPSA) is 85.8 Å². The number of sulfonamides is 1. The molecule has 0 amide bonds. The number of anilines is 1. The second-order valence-corrected chi connectivity index (χ2v) is 9.76. The van der Waals surface area contributed by atoms with Gasteiger partial charge >= 0.3 is 0 Å². The zero-order chi connectivity index (χ0) is 20.7. The van der Waals surface area contributed by atoms with Gasteiger partial charge in [-0.05, 0) is 49.4 Å². The van der Waals surface area contributed by atoms with Crippen molar-refractivity contribution in [1.82, 2.24) is 15.4 Å². The number of aliphatic imine (C=N–C) groups is 1. The average molecular weight is 436 g/mol. The van der Waals surface area contributed by atoms with E-state index < -0.39 is 10.0 Å². The van der Waals surface area contributed by atoms with Crippen molar-refractivity contribution >= 4 is 32.3 Å². The van der Waals surface area contributed by atoms with Crippen LogP contribution in [0.2, 0.25) is 0 Å². The van der Waals surface area contributed by atoms with Crippen LogP contribution in [-0.2, 0) is 10.0 Å². The van der Waals surface area contributed by atoms with Gasteiger partial charge in [-0.15, -0.1) is 11.3 Å². The molecule has 3 rings (SSSR count). The zero-order valence-electron chi connectivity index (χ0n) is 16.9. The van der Waals surface area contributed by atoms with Crippen LogP contribution < -0.4 is 20.3 Å². The Morgan fingerprint density at radius 3 is 2.52 bits per heavy atom. The molecule has 2 heterocycles. The Labute approximate surface area is 177 Å². The summed E-state index contributed by atoms with van der Waals surface area (Å²) in [6.07, 6.45) is 2.08. The van der Waals surface area contributed by atoms with Crippen LogP contribution in [0.5, 0.6) is 0 Å².